The van der Waals surface area contributed by atoms with Gasteiger partial charge in [-0.3, -0.25) is 13.7 Å². The van der Waals surface area contributed by atoms with Crippen LogP contribution in [0.4, 0.5) is 15.8 Å². The van der Waals surface area contributed by atoms with Crippen LogP contribution in [-0.4, -0.2) is 73.7 Å². The number of rotatable bonds is 6. The molecule has 0 spiro atoms. The van der Waals surface area contributed by atoms with Gasteiger partial charge in [0.1, 0.15) is 5.52 Å². The monoisotopic (exact) mass is 537 g/mol. The van der Waals surface area contributed by atoms with Crippen molar-refractivity contribution in [3.8, 4) is 6.01 Å². The van der Waals surface area contributed by atoms with E-state index in [4.69, 9.17) is 4.74 Å². The number of halogens is 1. The van der Waals surface area contributed by atoms with Gasteiger partial charge < -0.3 is 20.3 Å². The average molecular weight is 538 g/mol. The first kappa shape index (κ1) is 24.7. The fourth-order valence-electron chi connectivity index (χ4n) is 5.02. The van der Waals surface area contributed by atoms with Gasteiger partial charge in [0.05, 0.1) is 17.7 Å². The zero-order valence-corrected chi connectivity index (χ0v) is 21.9. The Kier molecular flexibility index (Phi) is 6.44. The molecule has 2 aliphatic heterocycles. The van der Waals surface area contributed by atoms with Crippen LogP contribution in [0.3, 0.4) is 0 Å². The van der Waals surface area contributed by atoms with Gasteiger partial charge in [-0.25, -0.2) is 9.37 Å². The molecule has 2 fully saturated rings. The molecule has 6 rings (SSSR count). The maximum atomic E-state index is 14.6. The van der Waals surface area contributed by atoms with Crippen LogP contribution >= 0.6 is 0 Å². The highest BCUT2D eigenvalue weighted by Crippen LogP contribution is 2.31. The number of hydrogen-bond acceptors (Lipinski definition) is 8. The zero-order valence-electron chi connectivity index (χ0n) is 21.1. The molecule has 4 heterocycles. The summed E-state index contributed by atoms with van der Waals surface area (Å²) in [5.41, 5.74) is 2.29. The minimum absolute atomic E-state index is 0.165. The van der Waals surface area contributed by atoms with Crippen molar-refractivity contribution in [1.29, 1.82) is 0 Å². The second kappa shape index (κ2) is 9.91. The number of carbonyl (C=O) groups excluding carboxylic acids is 1. The molecule has 198 valence electrons. The van der Waals surface area contributed by atoms with Crippen molar-refractivity contribution in [3.05, 3.63) is 48.0 Å². The Hall–Kier alpha value is -3.64. The lowest BCUT2D eigenvalue weighted by Crippen LogP contribution is -2.49. The molecule has 38 heavy (non-hydrogen) atoms. The van der Waals surface area contributed by atoms with E-state index in [1.807, 2.05) is 6.07 Å². The second-order valence-electron chi connectivity index (χ2n) is 9.95. The molecule has 0 saturated carbocycles. The van der Waals surface area contributed by atoms with Crippen molar-refractivity contribution < 1.29 is 18.1 Å². The number of aromatic nitrogens is 4. The highest BCUT2D eigenvalue weighted by molar-refractivity contribution is 7.86. The molecule has 2 aromatic carbocycles. The maximum absolute atomic E-state index is 14.6. The predicted octanol–water partition coefficient (Wildman–Crippen LogP) is 2.46. The number of fused-ring (bicyclic) bond motifs is 2. The normalized spacial score (nSPS) is 21.4. The van der Waals surface area contributed by atoms with E-state index in [1.165, 1.54) is 10.7 Å². The summed E-state index contributed by atoms with van der Waals surface area (Å²) in [5, 5.41) is 11.7. The van der Waals surface area contributed by atoms with Crippen LogP contribution in [0.1, 0.15) is 17.3 Å². The van der Waals surface area contributed by atoms with Crippen LogP contribution in [0.2, 0.25) is 0 Å². The molecular formula is C26H28FN7O3S. The molecular weight excluding hydrogens is 509 g/mol. The van der Waals surface area contributed by atoms with Gasteiger partial charge in [-0.15, -0.1) is 0 Å². The number of benzene rings is 2. The van der Waals surface area contributed by atoms with Crippen molar-refractivity contribution in [2.24, 2.45) is 13.0 Å². The molecule has 10 nitrogen and oxygen atoms in total. The summed E-state index contributed by atoms with van der Waals surface area (Å²) in [6.07, 6.45) is 3.39. The van der Waals surface area contributed by atoms with Gasteiger partial charge in [0.25, 0.3) is 5.91 Å². The molecule has 12 heteroatoms. The summed E-state index contributed by atoms with van der Waals surface area (Å²) in [6, 6.07) is 7.08. The van der Waals surface area contributed by atoms with E-state index in [2.05, 4.69) is 37.5 Å². The number of amides is 1. The number of nitrogens with zero attached hydrogens (tertiary/aromatic N) is 5. The van der Waals surface area contributed by atoms with Crippen LogP contribution < -0.4 is 20.3 Å². The number of anilines is 2. The zero-order chi connectivity index (χ0) is 26.4. The SMILES string of the molecule is CC1CN(c2ccc(C(=O)Nc3cc(F)c4nn(C)cc4c3)c3nc(OCC4CS(=O)C4)ncc23)CCN1. The molecule has 0 radical (unpaired) electrons. The maximum Gasteiger partial charge on any atom is 0.316 e. The quantitative estimate of drug-likeness (QED) is 0.386. The lowest BCUT2D eigenvalue weighted by molar-refractivity contribution is 0.102. The summed E-state index contributed by atoms with van der Waals surface area (Å²) in [6.45, 7) is 4.97. The molecule has 1 atom stereocenters. The Morgan fingerprint density at radius 2 is 2.13 bits per heavy atom. The minimum atomic E-state index is -0.766. The lowest BCUT2D eigenvalue weighted by Gasteiger charge is -2.34. The Balaban J connectivity index is 1.35. The van der Waals surface area contributed by atoms with Gasteiger partial charge in [0.2, 0.25) is 0 Å². The standard InChI is InChI=1S/C26H28FN7O3S/c1-15-10-34(6-5-28-15)22-4-3-19(24-20(22)9-29-26(31-24)37-12-16-13-38(36)14-16)25(35)30-18-7-17-11-33(2)32-23(17)21(27)8-18/h3-4,7-9,11,15-16,28H,5-6,10,12-14H2,1-2H3,(H,30,35). The first-order chi connectivity index (χ1) is 18.3. The van der Waals surface area contributed by atoms with Gasteiger partial charge in [0.15, 0.2) is 5.82 Å². The molecule has 0 aliphatic carbocycles. The summed E-state index contributed by atoms with van der Waals surface area (Å²) in [7, 11) is 0.950. The number of aryl methyl sites for hydroxylation is 1. The van der Waals surface area contributed by atoms with E-state index in [0.717, 1.165) is 30.7 Å². The molecule has 2 aliphatic rings. The van der Waals surface area contributed by atoms with Crippen molar-refractivity contribution in [2.45, 2.75) is 13.0 Å². The predicted molar refractivity (Wildman–Crippen MR) is 145 cm³/mol. The third kappa shape index (κ3) is 4.81. The first-order valence-corrected chi connectivity index (χ1v) is 14.0. The Morgan fingerprint density at radius 3 is 2.92 bits per heavy atom. The molecule has 4 aromatic rings. The molecule has 1 unspecified atom stereocenters. The molecule has 2 saturated heterocycles. The van der Waals surface area contributed by atoms with E-state index < -0.39 is 22.5 Å². The minimum Gasteiger partial charge on any atom is -0.463 e. The summed E-state index contributed by atoms with van der Waals surface area (Å²) >= 11 is 0. The molecule has 2 N–H and O–H groups in total. The van der Waals surface area contributed by atoms with Crippen LogP contribution in [0.15, 0.2) is 36.7 Å². The van der Waals surface area contributed by atoms with Crippen LogP contribution in [0, 0.1) is 11.7 Å². The van der Waals surface area contributed by atoms with Crippen molar-refractivity contribution in [3.63, 3.8) is 0 Å². The van der Waals surface area contributed by atoms with E-state index in [-0.39, 0.29) is 17.4 Å². The first-order valence-electron chi connectivity index (χ1n) is 12.5. The number of hydrogen-bond donors (Lipinski definition) is 2. The van der Waals surface area contributed by atoms with E-state index in [9.17, 15) is 13.4 Å². The van der Waals surface area contributed by atoms with Gasteiger partial charge in [-0.05, 0) is 31.2 Å². The third-order valence-electron chi connectivity index (χ3n) is 6.89. The van der Waals surface area contributed by atoms with Crippen molar-refractivity contribution in [2.75, 3.05) is 48.0 Å². The number of ether oxygens (including phenoxy) is 1. The number of piperazine rings is 1. The summed E-state index contributed by atoms with van der Waals surface area (Å²) in [5.74, 6) is 0.511. The summed E-state index contributed by atoms with van der Waals surface area (Å²) in [4.78, 5) is 24.8. The largest absolute Gasteiger partial charge is 0.463 e. The number of nitrogens with one attached hydrogen (secondary N) is 2. The highest BCUT2D eigenvalue weighted by atomic mass is 32.2. The second-order valence-corrected chi connectivity index (χ2v) is 11.5. The number of carbonyl (C=O) groups is 1. The Bertz CT molecular complexity index is 1570. The smallest absolute Gasteiger partial charge is 0.316 e. The molecule has 1 amide bonds. The van der Waals surface area contributed by atoms with Crippen LogP contribution in [-0.2, 0) is 17.8 Å². The third-order valence-corrected chi connectivity index (χ3v) is 8.57. The fourth-order valence-corrected chi connectivity index (χ4v) is 6.16. The van der Waals surface area contributed by atoms with Crippen molar-refractivity contribution in [1.82, 2.24) is 25.1 Å². The van der Waals surface area contributed by atoms with Crippen LogP contribution in [0.25, 0.3) is 21.8 Å². The Labute approximate surface area is 221 Å². The summed E-state index contributed by atoms with van der Waals surface area (Å²) < 4.78 is 33.4. The lowest BCUT2D eigenvalue weighted by atomic mass is 10.1. The highest BCUT2D eigenvalue weighted by Gasteiger charge is 2.27. The molecule has 2 aromatic heterocycles. The van der Waals surface area contributed by atoms with E-state index in [1.54, 1.807) is 31.6 Å². The topological polar surface area (TPSA) is 114 Å². The van der Waals surface area contributed by atoms with Crippen LogP contribution in [0.5, 0.6) is 6.01 Å². The van der Waals surface area contributed by atoms with Gasteiger partial charge >= 0.3 is 6.01 Å². The average Bonchev–Trinajstić information content (AvgIpc) is 3.25. The fraction of sp³-hybridized carbons (Fsp3) is 0.385. The van der Waals surface area contributed by atoms with Gasteiger partial charge in [-0.2, -0.15) is 10.1 Å². The Morgan fingerprint density at radius 1 is 1.29 bits per heavy atom. The van der Waals surface area contributed by atoms with Gasteiger partial charge in [-0.1, -0.05) is 0 Å². The molecule has 0 bridgehead atoms. The van der Waals surface area contributed by atoms with Crippen molar-refractivity contribution >= 4 is 49.9 Å². The van der Waals surface area contributed by atoms with E-state index in [0.29, 0.717) is 46.3 Å². The van der Waals surface area contributed by atoms with E-state index >= 15 is 0 Å². The van der Waals surface area contributed by atoms with Gasteiger partial charge in [0, 0.05) is 95.5 Å².